The SMILES string of the molecule is CC(C)(C)OC(=O)NC(=N[C@@H]1[C@H](O)[C@@H](N)N(C(=O)OC(C)(C)C)C[C@H]1C(=O)OC(c1ccccc1)c1ccccc1)NC(=O)OC(C)(C)C. The number of piperidine rings is 1. The van der Waals surface area contributed by atoms with Gasteiger partial charge in [-0.2, -0.15) is 0 Å². The van der Waals surface area contributed by atoms with E-state index in [9.17, 15) is 24.3 Å². The van der Waals surface area contributed by atoms with Gasteiger partial charge in [-0.15, -0.1) is 0 Å². The number of esters is 1. The number of benzene rings is 2. The molecule has 4 atom stereocenters. The predicted molar refractivity (Wildman–Crippen MR) is 181 cm³/mol. The summed E-state index contributed by atoms with van der Waals surface area (Å²) in [4.78, 5) is 58.6. The number of hydrogen-bond donors (Lipinski definition) is 4. The zero-order chi connectivity index (χ0) is 36.7. The minimum atomic E-state index is -1.71. The first kappa shape index (κ1) is 38.8. The summed E-state index contributed by atoms with van der Waals surface area (Å²) in [5.41, 5.74) is 4.93. The smallest absolute Gasteiger partial charge is 0.414 e. The highest BCUT2D eigenvalue weighted by molar-refractivity contribution is 6.01. The fraction of sp³-hybridized carbons (Fsp3) is 0.514. The van der Waals surface area contributed by atoms with Crippen molar-refractivity contribution in [3.8, 4) is 0 Å². The number of carbonyl (C=O) groups excluding carboxylic acids is 4. The number of amides is 3. The molecule has 1 saturated heterocycles. The van der Waals surface area contributed by atoms with Gasteiger partial charge in [-0.25, -0.2) is 19.4 Å². The molecule has 0 radical (unpaired) electrons. The molecule has 3 amide bonds. The number of nitrogens with one attached hydrogen (secondary N) is 2. The van der Waals surface area contributed by atoms with E-state index in [0.29, 0.717) is 11.1 Å². The molecule has 3 rings (SSSR count). The van der Waals surface area contributed by atoms with Gasteiger partial charge in [0.05, 0.1) is 12.0 Å². The Hall–Kier alpha value is -4.69. The maximum Gasteiger partial charge on any atom is 0.414 e. The Bertz CT molecular complexity index is 1410. The Labute approximate surface area is 287 Å². The molecule has 14 heteroatoms. The van der Waals surface area contributed by atoms with Gasteiger partial charge in [-0.3, -0.25) is 20.3 Å². The molecule has 0 spiro atoms. The quantitative estimate of drug-likeness (QED) is 0.150. The van der Waals surface area contributed by atoms with Crippen molar-refractivity contribution in [1.82, 2.24) is 15.5 Å². The van der Waals surface area contributed by atoms with E-state index >= 15 is 0 Å². The van der Waals surface area contributed by atoms with Crippen LogP contribution in [-0.2, 0) is 23.7 Å². The summed E-state index contributed by atoms with van der Waals surface area (Å²) in [5.74, 6) is -2.71. The predicted octanol–water partition coefficient (Wildman–Crippen LogP) is 4.61. The molecular weight excluding hydrogens is 634 g/mol. The topological polar surface area (TPSA) is 191 Å². The molecule has 0 unspecified atom stereocenters. The molecule has 2 aromatic carbocycles. The molecular formula is C35H49N5O9. The summed E-state index contributed by atoms with van der Waals surface area (Å²) in [6.45, 7) is 14.4. The van der Waals surface area contributed by atoms with E-state index in [-0.39, 0.29) is 6.54 Å². The van der Waals surface area contributed by atoms with Crippen LogP contribution in [0.1, 0.15) is 79.5 Å². The van der Waals surface area contributed by atoms with Crippen LogP contribution in [0.2, 0.25) is 0 Å². The lowest BCUT2D eigenvalue weighted by Crippen LogP contribution is -2.66. The van der Waals surface area contributed by atoms with Crippen LogP contribution < -0.4 is 16.4 Å². The van der Waals surface area contributed by atoms with Crippen molar-refractivity contribution in [3.63, 3.8) is 0 Å². The molecule has 1 aliphatic heterocycles. The lowest BCUT2D eigenvalue weighted by Gasteiger charge is -2.43. The highest BCUT2D eigenvalue weighted by Crippen LogP contribution is 2.31. The number of likely N-dealkylation sites (tertiary alicyclic amines) is 1. The van der Waals surface area contributed by atoms with Gasteiger partial charge in [0, 0.05) is 6.54 Å². The van der Waals surface area contributed by atoms with Crippen LogP contribution in [0, 0.1) is 5.92 Å². The zero-order valence-corrected chi connectivity index (χ0v) is 29.6. The molecule has 14 nitrogen and oxygen atoms in total. The minimum Gasteiger partial charge on any atom is -0.452 e. The molecule has 268 valence electrons. The second kappa shape index (κ2) is 15.7. The second-order valence-corrected chi connectivity index (χ2v) is 14.6. The number of alkyl carbamates (subject to hydrolysis) is 2. The number of aliphatic hydroxyl groups is 1. The zero-order valence-electron chi connectivity index (χ0n) is 29.6. The van der Waals surface area contributed by atoms with E-state index in [4.69, 9.17) is 24.7 Å². The van der Waals surface area contributed by atoms with Crippen molar-refractivity contribution in [2.75, 3.05) is 6.54 Å². The number of aliphatic imine (C=N–C) groups is 1. The fourth-order valence-electron chi connectivity index (χ4n) is 4.80. The number of carbonyl (C=O) groups is 4. The van der Waals surface area contributed by atoms with Crippen molar-refractivity contribution in [3.05, 3.63) is 71.8 Å². The van der Waals surface area contributed by atoms with Crippen LogP contribution in [0.3, 0.4) is 0 Å². The largest absolute Gasteiger partial charge is 0.452 e. The first-order valence-electron chi connectivity index (χ1n) is 15.9. The van der Waals surface area contributed by atoms with Gasteiger partial charge in [0.25, 0.3) is 0 Å². The van der Waals surface area contributed by atoms with Gasteiger partial charge in [0.1, 0.15) is 29.1 Å². The number of ether oxygens (including phenoxy) is 4. The highest BCUT2D eigenvalue weighted by atomic mass is 16.6. The van der Waals surface area contributed by atoms with E-state index in [2.05, 4.69) is 15.6 Å². The van der Waals surface area contributed by atoms with Crippen molar-refractivity contribution < 1.29 is 43.2 Å². The summed E-state index contributed by atoms with van der Waals surface area (Å²) in [6.07, 6.45) is -6.83. The molecule has 0 saturated carbocycles. The summed E-state index contributed by atoms with van der Waals surface area (Å²) < 4.78 is 22.3. The van der Waals surface area contributed by atoms with Gasteiger partial charge >= 0.3 is 24.2 Å². The van der Waals surface area contributed by atoms with E-state index in [1.807, 2.05) is 12.1 Å². The maximum atomic E-state index is 14.2. The lowest BCUT2D eigenvalue weighted by molar-refractivity contribution is -0.158. The van der Waals surface area contributed by atoms with E-state index in [0.717, 1.165) is 4.90 Å². The third-order valence-electron chi connectivity index (χ3n) is 6.75. The van der Waals surface area contributed by atoms with Crippen LogP contribution in [-0.4, -0.2) is 81.9 Å². The Kier molecular flexibility index (Phi) is 12.4. The van der Waals surface area contributed by atoms with E-state index in [1.165, 1.54) is 0 Å². The number of aliphatic hydroxyl groups excluding tert-OH is 1. The number of nitrogens with zero attached hydrogens (tertiary/aromatic N) is 2. The number of hydrogen-bond acceptors (Lipinski definition) is 11. The first-order chi connectivity index (χ1) is 22.6. The van der Waals surface area contributed by atoms with Crippen molar-refractivity contribution in [2.24, 2.45) is 16.6 Å². The highest BCUT2D eigenvalue weighted by Gasteiger charge is 2.49. The molecule has 49 heavy (non-hydrogen) atoms. The Morgan fingerprint density at radius 3 is 1.61 bits per heavy atom. The molecule has 5 N–H and O–H groups in total. The van der Waals surface area contributed by atoms with E-state index in [1.54, 1.807) is 111 Å². The summed E-state index contributed by atoms with van der Waals surface area (Å²) in [7, 11) is 0. The Morgan fingerprint density at radius 1 is 0.776 bits per heavy atom. The van der Waals surface area contributed by atoms with Gasteiger partial charge in [0.2, 0.25) is 5.96 Å². The van der Waals surface area contributed by atoms with Gasteiger partial charge in [0.15, 0.2) is 6.10 Å². The third kappa shape index (κ3) is 12.1. The van der Waals surface area contributed by atoms with Crippen LogP contribution in [0.15, 0.2) is 65.7 Å². The Morgan fingerprint density at radius 2 is 1.20 bits per heavy atom. The average molecular weight is 684 g/mol. The second-order valence-electron chi connectivity index (χ2n) is 14.6. The summed E-state index contributed by atoms with van der Waals surface area (Å²) >= 11 is 0. The van der Waals surface area contributed by atoms with Gasteiger partial charge < -0.3 is 29.8 Å². The van der Waals surface area contributed by atoms with Crippen LogP contribution in [0.4, 0.5) is 14.4 Å². The summed E-state index contributed by atoms with van der Waals surface area (Å²) in [5, 5.41) is 16.3. The molecule has 1 fully saturated rings. The first-order valence-corrected chi connectivity index (χ1v) is 15.9. The molecule has 0 bridgehead atoms. The molecule has 1 heterocycles. The standard InChI is InChI=1S/C35H49N5O9/c1-33(2,3)47-30(43)38-29(39-31(44)48-34(4,5)6)37-24-23(20-40(27(36)25(24)41)32(45)49-35(7,8)9)28(42)46-26(21-16-12-10-13-17-21)22-18-14-11-15-19-22/h10-19,23-27,41H,20,36H2,1-9H3,(H2,37,38,39,43,44)/t23-,24+,25+,27+/m1/s1. The average Bonchev–Trinajstić information content (AvgIpc) is 2.96. The van der Waals surface area contributed by atoms with Crippen LogP contribution in [0.5, 0.6) is 0 Å². The van der Waals surface area contributed by atoms with Gasteiger partial charge in [-0.05, 0) is 73.4 Å². The molecule has 0 aromatic heterocycles. The molecule has 2 aromatic rings. The van der Waals surface area contributed by atoms with E-state index < -0.39 is 77.3 Å². The monoisotopic (exact) mass is 683 g/mol. The molecule has 0 aliphatic carbocycles. The van der Waals surface area contributed by atoms with Crippen LogP contribution in [0.25, 0.3) is 0 Å². The van der Waals surface area contributed by atoms with Crippen molar-refractivity contribution >= 4 is 30.2 Å². The minimum absolute atomic E-state index is 0.386. The molecule has 1 aliphatic rings. The summed E-state index contributed by atoms with van der Waals surface area (Å²) in [6, 6.07) is 16.6. The van der Waals surface area contributed by atoms with Crippen LogP contribution >= 0.6 is 0 Å². The van der Waals surface area contributed by atoms with Crippen molar-refractivity contribution in [1.29, 1.82) is 0 Å². The van der Waals surface area contributed by atoms with Crippen molar-refractivity contribution in [2.45, 2.75) is 104 Å². The third-order valence-corrected chi connectivity index (χ3v) is 6.75. The lowest BCUT2D eigenvalue weighted by atomic mass is 9.88. The normalized spacial score (nSPS) is 19.7. The number of guanidine groups is 1. The Balaban J connectivity index is 2.10. The fourth-order valence-corrected chi connectivity index (χ4v) is 4.80. The van der Waals surface area contributed by atoms with Gasteiger partial charge in [-0.1, -0.05) is 60.7 Å². The number of nitrogens with two attached hydrogens (primary N) is 1. The number of rotatable bonds is 5. The maximum absolute atomic E-state index is 14.2.